The molecule has 0 saturated heterocycles. The van der Waals surface area contributed by atoms with Crippen LogP contribution in [0.1, 0.15) is 61.3 Å². The van der Waals surface area contributed by atoms with Crippen molar-refractivity contribution in [2.45, 2.75) is 63.8 Å². The average molecular weight is 398 g/mol. The number of ether oxygens (including phenoxy) is 1. The van der Waals surface area contributed by atoms with Crippen LogP contribution in [0.2, 0.25) is 0 Å². The molecule has 0 bridgehead atoms. The Morgan fingerprint density at radius 3 is 2.79 bits per heavy atom. The lowest BCUT2D eigenvalue weighted by Crippen LogP contribution is -2.24. The van der Waals surface area contributed by atoms with Crippen LogP contribution < -0.4 is 5.56 Å². The van der Waals surface area contributed by atoms with Gasteiger partial charge >= 0.3 is 5.97 Å². The first-order valence-electron chi connectivity index (χ1n) is 10.1. The minimum absolute atomic E-state index is 0.120. The molecule has 7 heteroatoms. The van der Waals surface area contributed by atoms with Gasteiger partial charge in [-0.1, -0.05) is 19.3 Å². The van der Waals surface area contributed by atoms with E-state index >= 15 is 0 Å². The van der Waals surface area contributed by atoms with Gasteiger partial charge in [-0.25, -0.2) is 9.97 Å². The fraction of sp³-hybridized carbons (Fsp3) is 0.524. The van der Waals surface area contributed by atoms with Gasteiger partial charge in [-0.3, -0.25) is 14.2 Å². The Morgan fingerprint density at radius 1 is 1.21 bits per heavy atom. The van der Waals surface area contributed by atoms with E-state index in [9.17, 15) is 9.59 Å². The van der Waals surface area contributed by atoms with Crippen molar-refractivity contribution < 1.29 is 9.53 Å². The Labute approximate surface area is 166 Å². The number of pyridine rings is 1. The first kappa shape index (κ1) is 17.8. The second-order valence-corrected chi connectivity index (χ2v) is 8.86. The lowest BCUT2D eigenvalue weighted by Gasteiger charge is -2.23. The zero-order valence-corrected chi connectivity index (χ0v) is 16.8. The highest BCUT2D eigenvalue weighted by molar-refractivity contribution is 7.25. The number of esters is 1. The van der Waals surface area contributed by atoms with Crippen molar-refractivity contribution in [3.8, 4) is 0 Å². The summed E-state index contributed by atoms with van der Waals surface area (Å²) in [5.74, 6) is 0.0992. The molecule has 3 aromatic rings. The van der Waals surface area contributed by atoms with Crippen LogP contribution in [0.25, 0.3) is 20.4 Å². The highest BCUT2D eigenvalue weighted by Crippen LogP contribution is 2.42. The summed E-state index contributed by atoms with van der Waals surface area (Å²) < 4.78 is 6.60. The molecule has 0 aromatic carbocycles. The van der Waals surface area contributed by atoms with E-state index in [1.165, 1.54) is 78.3 Å². The fourth-order valence-corrected chi connectivity index (χ4v) is 5.96. The molecule has 146 valence electrons. The summed E-state index contributed by atoms with van der Waals surface area (Å²) in [5.41, 5.74) is 4.60. The minimum Gasteiger partial charge on any atom is -0.468 e. The van der Waals surface area contributed by atoms with Crippen LogP contribution in [0.3, 0.4) is 0 Å². The molecule has 5 rings (SSSR count). The van der Waals surface area contributed by atoms with Crippen LogP contribution in [0, 0.1) is 0 Å². The van der Waals surface area contributed by atoms with E-state index in [0.717, 1.165) is 35.0 Å². The molecule has 3 heterocycles. The molecule has 0 aliphatic heterocycles. The molecule has 0 radical (unpaired) electrons. The summed E-state index contributed by atoms with van der Waals surface area (Å²) in [6.07, 6.45) is 11.1. The van der Waals surface area contributed by atoms with E-state index in [2.05, 4.69) is 9.72 Å². The Morgan fingerprint density at radius 2 is 2.00 bits per heavy atom. The Balaban J connectivity index is 1.71. The van der Waals surface area contributed by atoms with Gasteiger partial charge in [0.15, 0.2) is 0 Å². The number of methoxy groups -OCH3 is 1. The number of hydrogen-bond donors (Lipinski definition) is 0. The zero-order chi connectivity index (χ0) is 19.3. The maximum atomic E-state index is 12.9. The maximum Gasteiger partial charge on any atom is 0.325 e. The van der Waals surface area contributed by atoms with Crippen molar-refractivity contribution >= 4 is 37.7 Å². The van der Waals surface area contributed by atoms with Crippen LogP contribution in [-0.2, 0) is 28.9 Å². The third-order valence-electron chi connectivity index (χ3n) is 6.22. The van der Waals surface area contributed by atoms with Crippen LogP contribution >= 0.6 is 11.3 Å². The molecular weight excluding hydrogens is 374 g/mol. The summed E-state index contributed by atoms with van der Waals surface area (Å²) in [7, 11) is 1.32. The monoisotopic (exact) mass is 397 g/mol. The molecule has 1 saturated carbocycles. The Hall–Kier alpha value is -2.28. The number of carbonyl (C=O) groups is 1. The summed E-state index contributed by atoms with van der Waals surface area (Å²) >= 11 is 1.42. The first-order chi connectivity index (χ1) is 13.7. The van der Waals surface area contributed by atoms with Crippen LogP contribution in [-0.4, -0.2) is 27.6 Å². The predicted octanol–water partition coefficient (Wildman–Crippen LogP) is 3.72. The first-order valence-corrected chi connectivity index (χ1v) is 10.9. The van der Waals surface area contributed by atoms with Crippen molar-refractivity contribution in [2.75, 3.05) is 7.11 Å². The fourth-order valence-electron chi connectivity index (χ4n) is 4.85. The van der Waals surface area contributed by atoms with Crippen molar-refractivity contribution in [1.29, 1.82) is 0 Å². The molecule has 28 heavy (non-hydrogen) atoms. The second-order valence-electron chi connectivity index (χ2n) is 7.86. The quantitative estimate of drug-likeness (QED) is 0.630. The summed E-state index contributed by atoms with van der Waals surface area (Å²) in [6.45, 7) is -0.120. The maximum absolute atomic E-state index is 12.9. The smallest absolute Gasteiger partial charge is 0.325 e. The Kier molecular flexibility index (Phi) is 4.42. The number of fused-ring (bicyclic) bond motifs is 5. The molecule has 0 spiro atoms. The molecule has 6 nitrogen and oxygen atoms in total. The van der Waals surface area contributed by atoms with Gasteiger partial charge in [0.2, 0.25) is 0 Å². The van der Waals surface area contributed by atoms with E-state index in [1.807, 2.05) is 0 Å². The standard InChI is InChI=1S/C21H23N3O3S/c1-27-15(25)10-24-11-22-18-16-13-8-5-9-14(13)17(12-6-3-2-4-7-12)23-20(16)28-19(18)21(24)26/h11-12H,2-10H2,1H3. The van der Waals surface area contributed by atoms with Gasteiger partial charge < -0.3 is 4.74 Å². The van der Waals surface area contributed by atoms with Crippen LogP contribution in [0.4, 0.5) is 0 Å². The number of rotatable bonds is 3. The van der Waals surface area contributed by atoms with Crippen molar-refractivity contribution in [3.63, 3.8) is 0 Å². The molecule has 0 amide bonds. The predicted molar refractivity (Wildman–Crippen MR) is 109 cm³/mol. The Bertz CT molecular complexity index is 1140. The number of thiophene rings is 1. The molecule has 0 atom stereocenters. The van der Waals surface area contributed by atoms with Crippen molar-refractivity contribution in [1.82, 2.24) is 14.5 Å². The van der Waals surface area contributed by atoms with Gasteiger partial charge in [-0.05, 0) is 43.2 Å². The third kappa shape index (κ3) is 2.75. The lowest BCUT2D eigenvalue weighted by molar-refractivity contribution is -0.141. The van der Waals surface area contributed by atoms with Gasteiger partial charge in [-0.15, -0.1) is 11.3 Å². The number of carbonyl (C=O) groups excluding carboxylic acids is 1. The highest BCUT2D eigenvalue weighted by Gasteiger charge is 2.28. The normalized spacial score (nSPS) is 17.3. The highest BCUT2D eigenvalue weighted by atomic mass is 32.1. The molecule has 0 unspecified atom stereocenters. The average Bonchev–Trinajstić information content (AvgIpc) is 3.34. The van der Waals surface area contributed by atoms with Crippen LogP contribution in [0.15, 0.2) is 11.1 Å². The second kappa shape index (κ2) is 6.95. The number of nitrogens with zero attached hydrogens (tertiary/aromatic N) is 3. The van der Waals surface area contributed by atoms with E-state index in [-0.39, 0.29) is 12.1 Å². The molecule has 1 fully saturated rings. The molecule has 0 N–H and O–H groups in total. The summed E-state index contributed by atoms with van der Waals surface area (Å²) in [4.78, 5) is 35.1. The number of aryl methyl sites for hydroxylation is 1. The van der Waals surface area contributed by atoms with E-state index < -0.39 is 5.97 Å². The van der Waals surface area contributed by atoms with Crippen molar-refractivity contribution in [2.24, 2.45) is 0 Å². The van der Waals surface area contributed by atoms with E-state index in [1.54, 1.807) is 0 Å². The molecule has 2 aliphatic carbocycles. The molecular formula is C21H23N3O3S. The van der Waals surface area contributed by atoms with Crippen LogP contribution in [0.5, 0.6) is 0 Å². The summed E-state index contributed by atoms with van der Waals surface area (Å²) in [6, 6.07) is 0. The lowest BCUT2D eigenvalue weighted by atomic mass is 9.84. The van der Waals surface area contributed by atoms with Crippen molar-refractivity contribution in [3.05, 3.63) is 33.5 Å². The van der Waals surface area contributed by atoms with Gasteiger partial charge in [0, 0.05) is 17.0 Å². The van der Waals surface area contributed by atoms with Gasteiger partial charge in [0.25, 0.3) is 5.56 Å². The van der Waals surface area contributed by atoms with Gasteiger partial charge in [-0.2, -0.15) is 0 Å². The molecule has 3 aromatic heterocycles. The number of aromatic nitrogens is 3. The van der Waals surface area contributed by atoms with Gasteiger partial charge in [0.1, 0.15) is 16.1 Å². The minimum atomic E-state index is -0.456. The zero-order valence-electron chi connectivity index (χ0n) is 16.0. The number of hydrogen-bond acceptors (Lipinski definition) is 6. The van der Waals surface area contributed by atoms with Gasteiger partial charge in [0.05, 0.1) is 19.0 Å². The topological polar surface area (TPSA) is 74.1 Å². The third-order valence-corrected chi connectivity index (χ3v) is 7.28. The van der Waals surface area contributed by atoms with E-state index in [0.29, 0.717) is 10.6 Å². The van der Waals surface area contributed by atoms with E-state index in [4.69, 9.17) is 4.98 Å². The summed E-state index contributed by atoms with van der Waals surface area (Å²) in [5, 5.41) is 1.06. The SMILES string of the molecule is COC(=O)Cn1cnc2c(sc3nc(C4CCCCC4)c4c(c32)CCC4)c1=O. The molecule has 2 aliphatic rings. The largest absolute Gasteiger partial charge is 0.468 e.